The molecule has 0 radical (unpaired) electrons. The van der Waals surface area contributed by atoms with Gasteiger partial charge in [-0.2, -0.15) is 0 Å². The SMILES string of the molecule is O=C1CN(C(=O)CCC[C@@H]2[C@H]3CCCN4CCC[C@@H](CN2Cc2cccnc2)[C@@H]34)CCN1. The van der Waals surface area contributed by atoms with Crippen LogP contribution in [0.2, 0.25) is 0 Å². The van der Waals surface area contributed by atoms with Crippen molar-refractivity contribution < 1.29 is 9.59 Å². The summed E-state index contributed by atoms with van der Waals surface area (Å²) in [4.78, 5) is 35.9. The van der Waals surface area contributed by atoms with Crippen LogP contribution in [0.3, 0.4) is 0 Å². The second-order valence-corrected chi connectivity index (χ2v) is 10.2. The third-order valence-corrected chi connectivity index (χ3v) is 8.17. The molecule has 0 saturated carbocycles. The Kier molecular flexibility index (Phi) is 6.74. The summed E-state index contributed by atoms with van der Waals surface area (Å²) in [6.45, 7) is 6.09. The minimum Gasteiger partial charge on any atom is -0.353 e. The summed E-state index contributed by atoms with van der Waals surface area (Å²) in [7, 11) is 0. The maximum absolute atomic E-state index is 12.7. The monoisotopic (exact) mass is 439 g/mol. The predicted octanol–water partition coefficient (Wildman–Crippen LogP) is 1.89. The lowest BCUT2D eigenvalue weighted by molar-refractivity contribution is -0.138. The number of piperazine rings is 1. The van der Waals surface area contributed by atoms with Crippen LogP contribution in [0.4, 0.5) is 0 Å². The van der Waals surface area contributed by atoms with E-state index in [1.54, 1.807) is 4.90 Å². The molecule has 32 heavy (non-hydrogen) atoms. The van der Waals surface area contributed by atoms with Crippen molar-refractivity contribution in [1.29, 1.82) is 0 Å². The lowest BCUT2D eigenvalue weighted by atomic mass is 9.69. The number of hydrogen-bond donors (Lipinski definition) is 1. The van der Waals surface area contributed by atoms with Crippen molar-refractivity contribution >= 4 is 11.8 Å². The molecule has 4 aliphatic heterocycles. The number of aromatic nitrogens is 1. The second-order valence-electron chi connectivity index (χ2n) is 10.2. The molecule has 0 unspecified atom stereocenters. The van der Waals surface area contributed by atoms with E-state index in [4.69, 9.17) is 0 Å². The molecule has 5 rings (SSSR count). The zero-order valence-electron chi connectivity index (χ0n) is 19.1. The van der Waals surface area contributed by atoms with Gasteiger partial charge in [0.05, 0.1) is 6.54 Å². The van der Waals surface area contributed by atoms with Crippen LogP contribution >= 0.6 is 0 Å². The smallest absolute Gasteiger partial charge is 0.239 e. The van der Waals surface area contributed by atoms with E-state index >= 15 is 0 Å². The molecule has 7 nitrogen and oxygen atoms in total. The number of carbonyl (C=O) groups excluding carboxylic acids is 2. The van der Waals surface area contributed by atoms with E-state index in [1.165, 1.54) is 44.3 Å². The van der Waals surface area contributed by atoms with Crippen molar-refractivity contribution in [2.75, 3.05) is 39.3 Å². The predicted molar refractivity (Wildman–Crippen MR) is 123 cm³/mol. The molecular formula is C25H37N5O2. The van der Waals surface area contributed by atoms with E-state index in [1.807, 2.05) is 18.5 Å². The average molecular weight is 440 g/mol. The highest BCUT2D eigenvalue weighted by atomic mass is 16.2. The molecule has 4 atom stereocenters. The molecule has 4 aliphatic rings. The molecule has 7 heteroatoms. The van der Waals surface area contributed by atoms with Crippen LogP contribution in [0.25, 0.3) is 0 Å². The highest BCUT2D eigenvalue weighted by Crippen LogP contribution is 2.43. The van der Waals surface area contributed by atoms with Crippen LogP contribution in [0.1, 0.15) is 50.5 Å². The van der Waals surface area contributed by atoms with Crippen LogP contribution in [0, 0.1) is 11.8 Å². The fraction of sp³-hybridized carbons (Fsp3) is 0.720. The first-order chi connectivity index (χ1) is 15.7. The molecule has 0 bridgehead atoms. The van der Waals surface area contributed by atoms with Gasteiger partial charge in [0.1, 0.15) is 0 Å². The molecule has 2 amide bonds. The van der Waals surface area contributed by atoms with Crippen LogP contribution < -0.4 is 5.32 Å². The minimum atomic E-state index is -0.0369. The first-order valence-electron chi connectivity index (χ1n) is 12.6. The van der Waals surface area contributed by atoms with E-state index in [2.05, 4.69) is 26.2 Å². The molecule has 0 aromatic carbocycles. The molecule has 4 saturated heterocycles. The van der Waals surface area contributed by atoms with Crippen molar-refractivity contribution in [3.8, 4) is 0 Å². The van der Waals surface area contributed by atoms with E-state index < -0.39 is 0 Å². The molecule has 174 valence electrons. The van der Waals surface area contributed by atoms with Crippen molar-refractivity contribution in [3.05, 3.63) is 30.1 Å². The fourth-order valence-electron chi connectivity index (χ4n) is 6.86. The first-order valence-corrected chi connectivity index (χ1v) is 12.6. The van der Waals surface area contributed by atoms with Gasteiger partial charge in [0.25, 0.3) is 0 Å². The average Bonchev–Trinajstić information content (AvgIpc) is 2.82. The van der Waals surface area contributed by atoms with Gasteiger partial charge in [-0.25, -0.2) is 0 Å². The third-order valence-electron chi connectivity index (χ3n) is 8.17. The van der Waals surface area contributed by atoms with Crippen LogP contribution in [-0.2, 0) is 16.1 Å². The molecule has 5 heterocycles. The van der Waals surface area contributed by atoms with Gasteiger partial charge in [-0.1, -0.05) is 6.07 Å². The Hall–Kier alpha value is -1.99. The Balaban J connectivity index is 1.27. The fourth-order valence-corrected chi connectivity index (χ4v) is 6.86. The number of pyridine rings is 1. The highest BCUT2D eigenvalue weighted by molar-refractivity contribution is 5.85. The summed E-state index contributed by atoms with van der Waals surface area (Å²) in [6, 6.07) is 5.48. The molecular weight excluding hydrogens is 402 g/mol. The molecule has 4 fully saturated rings. The van der Waals surface area contributed by atoms with Gasteiger partial charge in [-0.15, -0.1) is 0 Å². The van der Waals surface area contributed by atoms with Crippen molar-refractivity contribution in [1.82, 2.24) is 25.0 Å². The number of likely N-dealkylation sites (tertiary alicyclic amines) is 1. The van der Waals surface area contributed by atoms with Crippen LogP contribution in [-0.4, -0.2) is 82.9 Å². The van der Waals surface area contributed by atoms with Gasteiger partial charge in [-0.3, -0.25) is 24.4 Å². The van der Waals surface area contributed by atoms with E-state index in [0.29, 0.717) is 31.5 Å². The number of rotatable bonds is 6. The molecule has 1 aromatic rings. The Morgan fingerprint density at radius 3 is 2.88 bits per heavy atom. The van der Waals surface area contributed by atoms with Crippen molar-refractivity contribution in [3.63, 3.8) is 0 Å². The summed E-state index contributed by atoms with van der Waals surface area (Å²) in [5, 5.41) is 2.80. The maximum atomic E-state index is 12.7. The van der Waals surface area contributed by atoms with Gasteiger partial charge in [0.2, 0.25) is 11.8 Å². The largest absolute Gasteiger partial charge is 0.353 e. The number of amides is 2. The van der Waals surface area contributed by atoms with Crippen molar-refractivity contribution in [2.24, 2.45) is 11.8 Å². The van der Waals surface area contributed by atoms with E-state index in [0.717, 1.165) is 37.9 Å². The summed E-state index contributed by atoms with van der Waals surface area (Å²) in [6.07, 6.45) is 11.7. The second kappa shape index (κ2) is 9.87. The van der Waals surface area contributed by atoms with Crippen LogP contribution in [0.15, 0.2) is 24.5 Å². The summed E-state index contributed by atoms with van der Waals surface area (Å²) in [5.41, 5.74) is 1.29. The standard InChI is InChI=1S/C25H37N5O2/c31-23-18-29(14-11-27-23)24(32)9-1-8-22-21-7-4-13-28-12-3-6-20(25(21)28)17-30(22)16-19-5-2-10-26-15-19/h2,5,10,15,20-22,25H,1,3-4,6-9,11-14,16-18H2,(H,27,31)/t20-,21+,22+,25-/m0/s1. The Bertz CT molecular complexity index is 801. The molecule has 1 N–H and O–H groups in total. The number of piperidine rings is 3. The third kappa shape index (κ3) is 4.69. The van der Waals surface area contributed by atoms with Gasteiger partial charge >= 0.3 is 0 Å². The molecule has 0 aliphatic carbocycles. The summed E-state index contributed by atoms with van der Waals surface area (Å²) in [5.74, 6) is 1.58. The number of nitrogens with zero attached hydrogens (tertiary/aromatic N) is 4. The maximum Gasteiger partial charge on any atom is 0.239 e. The minimum absolute atomic E-state index is 0.0369. The zero-order chi connectivity index (χ0) is 21.9. The Morgan fingerprint density at radius 2 is 2.06 bits per heavy atom. The van der Waals surface area contributed by atoms with Gasteiger partial charge in [0.15, 0.2) is 0 Å². The van der Waals surface area contributed by atoms with Crippen molar-refractivity contribution in [2.45, 2.75) is 63.6 Å². The number of hydrogen-bond acceptors (Lipinski definition) is 5. The Labute approximate surface area is 191 Å². The van der Waals surface area contributed by atoms with Crippen LogP contribution in [0.5, 0.6) is 0 Å². The molecule has 1 aromatic heterocycles. The lowest BCUT2D eigenvalue weighted by Crippen LogP contribution is -2.64. The van der Waals surface area contributed by atoms with E-state index in [9.17, 15) is 9.59 Å². The summed E-state index contributed by atoms with van der Waals surface area (Å²) >= 11 is 0. The van der Waals surface area contributed by atoms with Gasteiger partial charge in [-0.05, 0) is 75.1 Å². The Morgan fingerprint density at radius 1 is 1.19 bits per heavy atom. The highest BCUT2D eigenvalue weighted by Gasteiger charge is 2.48. The number of nitrogens with one attached hydrogen (secondary N) is 1. The zero-order valence-corrected chi connectivity index (χ0v) is 19.1. The first kappa shape index (κ1) is 21.8. The summed E-state index contributed by atoms with van der Waals surface area (Å²) < 4.78 is 0. The number of carbonyl (C=O) groups is 2. The van der Waals surface area contributed by atoms with E-state index in [-0.39, 0.29) is 18.4 Å². The lowest BCUT2D eigenvalue weighted by Gasteiger charge is -2.57. The van der Waals surface area contributed by atoms with Gasteiger partial charge < -0.3 is 10.2 Å². The normalized spacial score (nSPS) is 31.1. The molecule has 0 spiro atoms. The van der Waals surface area contributed by atoms with Gasteiger partial charge in [0, 0.05) is 57.1 Å². The topological polar surface area (TPSA) is 68.8 Å². The quantitative estimate of drug-likeness (QED) is 0.733.